The Bertz CT molecular complexity index is 354. The van der Waals surface area contributed by atoms with Gasteiger partial charge in [0.25, 0.3) is 0 Å². The van der Waals surface area contributed by atoms with E-state index in [0.717, 1.165) is 12.8 Å². The maximum Gasteiger partial charge on any atom is 0.469 e. The molecule has 0 saturated heterocycles. The van der Waals surface area contributed by atoms with E-state index in [4.69, 9.17) is 24.5 Å². The molecule has 1 aliphatic carbocycles. The van der Waals surface area contributed by atoms with Crippen LogP contribution in [0.25, 0.3) is 0 Å². The van der Waals surface area contributed by atoms with E-state index in [1.807, 2.05) is 0 Å². The fraction of sp³-hybridized carbons (Fsp3) is 0.571. The maximum atomic E-state index is 10.9. The Morgan fingerprint density at radius 2 is 2.00 bits per heavy atom. The minimum absolute atomic E-state index is 0.526. The fourth-order valence-corrected chi connectivity index (χ4v) is 3.38. The molecule has 0 radical (unpaired) electrons. The number of allylic oxidation sites excluding steroid dienone is 1. The highest BCUT2D eigenvalue weighted by molar-refractivity contribution is 8.00. The molecule has 9 heteroatoms. The van der Waals surface area contributed by atoms with Gasteiger partial charge in [-0.2, -0.15) is 14.7 Å². The SMILES string of the molecule is O=P(O)(O)C(=NC1C=CCCC1)[P+](O)(O)O. The first-order valence-corrected chi connectivity index (χ1v) is 7.85. The Labute approximate surface area is 92.9 Å². The molecule has 16 heavy (non-hydrogen) atoms. The zero-order valence-electron chi connectivity index (χ0n) is 8.34. The van der Waals surface area contributed by atoms with Crippen LogP contribution in [0.5, 0.6) is 0 Å². The predicted molar refractivity (Wildman–Crippen MR) is 59.8 cm³/mol. The fourth-order valence-electron chi connectivity index (χ4n) is 1.38. The lowest BCUT2D eigenvalue weighted by atomic mass is 10.0. The van der Waals surface area contributed by atoms with Crippen LogP contribution in [-0.2, 0) is 4.57 Å². The summed E-state index contributed by atoms with van der Waals surface area (Å²) in [6.07, 6.45) is 5.62. The van der Waals surface area contributed by atoms with Crippen LogP contribution < -0.4 is 0 Å². The normalized spacial score (nSPS) is 23.6. The summed E-state index contributed by atoms with van der Waals surface area (Å²) in [6, 6.07) is -0.526. The Hall–Kier alpha value is -0.130. The Balaban J connectivity index is 3.02. The van der Waals surface area contributed by atoms with Gasteiger partial charge < -0.3 is 9.79 Å². The van der Waals surface area contributed by atoms with E-state index in [-0.39, 0.29) is 0 Å². The van der Waals surface area contributed by atoms with Crippen molar-refractivity contribution < 1.29 is 29.0 Å². The first-order chi connectivity index (χ1) is 7.21. The Morgan fingerprint density at radius 3 is 2.38 bits per heavy atom. The standard InChI is InChI=1S/C7H13NO6P2/c9-15(10,11)7(16(12,13)14)8-6-4-2-1-3-5-6/h2,4,6,9-11H,1,3,5H2,(H-,12,13,14)/p+1. The molecule has 0 aliphatic heterocycles. The molecular formula is C7H14NO6P2+. The molecule has 1 unspecified atom stereocenters. The van der Waals surface area contributed by atoms with Crippen LogP contribution in [-0.4, -0.2) is 35.7 Å². The average Bonchev–Trinajstić information content (AvgIpc) is 2.12. The van der Waals surface area contributed by atoms with Crippen molar-refractivity contribution in [2.45, 2.75) is 25.3 Å². The maximum absolute atomic E-state index is 10.9. The van der Waals surface area contributed by atoms with Crippen LogP contribution in [0.3, 0.4) is 0 Å². The van der Waals surface area contributed by atoms with Gasteiger partial charge in [-0.3, -0.25) is 0 Å². The molecule has 1 atom stereocenters. The summed E-state index contributed by atoms with van der Waals surface area (Å²) >= 11 is 0. The molecule has 0 fully saturated rings. The lowest BCUT2D eigenvalue weighted by molar-refractivity contribution is 0.348. The molecule has 0 aromatic heterocycles. The van der Waals surface area contributed by atoms with Crippen LogP contribution in [0.15, 0.2) is 17.1 Å². The summed E-state index contributed by atoms with van der Waals surface area (Å²) in [5.41, 5.74) is 0. The number of rotatable bonds is 3. The predicted octanol–water partition coefficient (Wildman–Crippen LogP) is 0.368. The summed E-state index contributed by atoms with van der Waals surface area (Å²) in [6.45, 7) is 0. The molecule has 0 aromatic rings. The second-order valence-electron chi connectivity index (χ2n) is 3.47. The molecule has 92 valence electrons. The van der Waals surface area contributed by atoms with Crippen LogP contribution in [0.2, 0.25) is 0 Å². The summed E-state index contributed by atoms with van der Waals surface area (Å²) in [5.74, 6) is 0. The second kappa shape index (κ2) is 5.02. The van der Waals surface area contributed by atoms with Gasteiger partial charge >= 0.3 is 20.7 Å². The van der Waals surface area contributed by atoms with Crippen molar-refractivity contribution in [1.82, 2.24) is 0 Å². The van der Waals surface area contributed by atoms with Crippen LogP contribution >= 0.6 is 15.5 Å². The molecule has 0 saturated carbocycles. The largest absolute Gasteiger partial charge is 0.469 e. The molecule has 0 amide bonds. The number of hydrogen-bond acceptors (Lipinski definition) is 5. The first-order valence-electron chi connectivity index (χ1n) is 4.59. The molecular weight excluding hydrogens is 256 g/mol. The van der Waals surface area contributed by atoms with Gasteiger partial charge in [-0.15, -0.1) is 0 Å². The van der Waals surface area contributed by atoms with Gasteiger partial charge in [0.1, 0.15) is 0 Å². The highest BCUT2D eigenvalue weighted by Crippen LogP contribution is 2.60. The average molecular weight is 270 g/mol. The van der Waals surface area contributed by atoms with Gasteiger partial charge in [-0.05, 0) is 19.3 Å². The minimum Gasteiger partial charge on any atom is -0.317 e. The lowest BCUT2D eigenvalue weighted by Crippen LogP contribution is -2.12. The number of aliphatic imine (C=N–C) groups is 1. The lowest BCUT2D eigenvalue weighted by Gasteiger charge is -2.14. The van der Waals surface area contributed by atoms with Crippen molar-refractivity contribution in [2.75, 3.05) is 0 Å². The van der Waals surface area contributed by atoms with Gasteiger partial charge in [0.2, 0.25) is 0 Å². The monoisotopic (exact) mass is 270 g/mol. The van der Waals surface area contributed by atoms with Crippen LogP contribution in [0.1, 0.15) is 19.3 Å². The first kappa shape index (κ1) is 13.9. The van der Waals surface area contributed by atoms with Crippen molar-refractivity contribution in [2.24, 2.45) is 4.99 Å². The van der Waals surface area contributed by atoms with E-state index in [1.54, 1.807) is 12.2 Å². The van der Waals surface area contributed by atoms with Gasteiger partial charge in [0.15, 0.2) is 0 Å². The van der Waals surface area contributed by atoms with E-state index in [2.05, 4.69) is 4.99 Å². The van der Waals surface area contributed by atoms with Crippen LogP contribution in [0.4, 0.5) is 0 Å². The van der Waals surface area contributed by atoms with Gasteiger partial charge in [0, 0.05) is 0 Å². The molecule has 1 aliphatic rings. The van der Waals surface area contributed by atoms with Crippen molar-refractivity contribution in [3.8, 4) is 0 Å². The third-order valence-corrected chi connectivity index (χ3v) is 4.91. The summed E-state index contributed by atoms with van der Waals surface area (Å²) < 4.78 is 10.9. The smallest absolute Gasteiger partial charge is 0.317 e. The van der Waals surface area contributed by atoms with Crippen LogP contribution in [0, 0.1) is 0 Å². The molecule has 7 nitrogen and oxygen atoms in total. The van der Waals surface area contributed by atoms with E-state index >= 15 is 0 Å². The highest BCUT2D eigenvalue weighted by Gasteiger charge is 2.51. The molecule has 0 bridgehead atoms. The van der Waals surface area contributed by atoms with E-state index in [9.17, 15) is 4.57 Å². The third kappa shape index (κ3) is 4.03. The molecule has 5 N–H and O–H groups in total. The second-order valence-corrected chi connectivity index (χ2v) is 6.89. The Morgan fingerprint density at radius 1 is 1.38 bits per heavy atom. The van der Waals surface area contributed by atoms with Gasteiger partial charge in [0.05, 0.1) is 6.04 Å². The number of hydrogen-bond donors (Lipinski definition) is 5. The highest BCUT2D eigenvalue weighted by atomic mass is 31.3. The zero-order chi connectivity index (χ0) is 12.4. The minimum atomic E-state index is -4.95. The van der Waals surface area contributed by atoms with Crippen molar-refractivity contribution in [3.63, 3.8) is 0 Å². The van der Waals surface area contributed by atoms with Crippen molar-refractivity contribution in [1.29, 1.82) is 0 Å². The Kier molecular flexibility index (Phi) is 4.37. The van der Waals surface area contributed by atoms with E-state index in [1.165, 1.54) is 0 Å². The zero-order valence-corrected chi connectivity index (χ0v) is 10.1. The van der Waals surface area contributed by atoms with E-state index in [0.29, 0.717) is 6.42 Å². The van der Waals surface area contributed by atoms with Gasteiger partial charge in [-0.1, -0.05) is 12.2 Å². The quantitative estimate of drug-likeness (QED) is 0.286. The molecule has 0 heterocycles. The van der Waals surface area contributed by atoms with Crippen molar-refractivity contribution >= 4 is 20.7 Å². The molecule has 0 aromatic carbocycles. The summed E-state index contributed by atoms with van der Waals surface area (Å²) in [5, 5.41) is -1.21. The summed E-state index contributed by atoms with van der Waals surface area (Å²) in [7, 11) is -9.71. The van der Waals surface area contributed by atoms with E-state index < -0.39 is 26.8 Å². The molecule has 1 rings (SSSR count). The summed E-state index contributed by atoms with van der Waals surface area (Å²) in [4.78, 5) is 48.0. The van der Waals surface area contributed by atoms with Crippen molar-refractivity contribution in [3.05, 3.63) is 12.2 Å². The third-order valence-electron chi connectivity index (χ3n) is 2.04. The number of nitrogens with zero attached hydrogens (tertiary/aromatic N) is 1. The topological polar surface area (TPSA) is 131 Å². The molecule has 0 spiro atoms. The van der Waals surface area contributed by atoms with Gasteiger partial charge in [-0.25, -0.2) is 9.56 Å².